The molecular formula is C8H15N3. The van der Waals surface area contributed by atoms with Crippen molar-refractivity contribution in [2.24, 2.45) is 5.92 Å². The first-order valence-electron chi connectivity index (χ1n) is 3.90. The molecule has 0 saturated carbocycles. The van der Waals surface area contributed by atoms with Gasteiger partial charge in [-0.2, -0.15) is 5.10 Å². The Morgan fingerprint density at radius 1 is 1.55 bits per heavy atom. The van der Waals surface area contributed by atoms with Crippen LogP contribution in [0.5, 0.6) is 0 Å². The van der Waals surface area contributed by atoms with E-state index in [0.717, 1.165) is 23.5 Å². The molecule has 0 amide bonds. The zero-order valence-corrected chi connectivity index (χ0v) is 7.31. The molecule has 0 aliphatic heterocycles. The first-order chi connectivity index (χ1) is 5.11. The molecule has 1 rings (SSSR count). The van der Waals surface area contributed by atoms with E-state index in [1.807, 2.05) is 6.92 Å². The zero-order chi connectivity index (χ0) is 8.43. The summed E-state index contributed by atoms with van der Waals surface area (Å²) in [5.74, 6) is 0.611. The number of rotatable bonds is 2. The molecule has 3 heteroatoms. The van der Waals surface area contributed by atoms with Gasteiger partial charge in [0.2, 0.25) is 0 Å². The number of nitrogens with zero attached hydrogens (tertiary/aromatic N) is 1. The van der Waals surface area contributed by atoms with Crippen LogP contribution in [-0.2, 0) is 6.42 Å². The normalized spacial score (nSPS) is 10.9. The summed E-state index contributed by atoms with van der Waals surface area (Å²) in [7, 11) is 0. The van der Waals surface area contributed by atoms with Crippen molar-refractivity contribution in [2.45, 2.75) is 27.2 Å². The SMILES string of the molecule is Cc1[nH]nc(CC(C)C)c1N. The van der Waals surface area contributed by atoms with Crippen molar-refractivity contribution in [1.82, 2.24) is 10.2 Å². The van der Waals surface area contributed by atoms with E-state index in [1.165, 1.54) is 0 Å². The van der Waals surface area contributed by atoms with Crippen molar-refractivity contribution >= 4 is 5.69 Å². The van der Waals surface area contributed by atoms with Crippen molar-refractivity contribution in [3.8, 4) is 0 Å². The average Bonchev–Trinajstić information content (AvgIpc) is 2.18. The van der Waals surface area contributed by atoms with Gasteiger partial charge in [-0.1, -0.05) is 13.8 Å². The number of aromatic amines is 1. The van der Waals surface area contributed by atoms with Crippen LogP contribution in [0.2, 0.25) is 0 Å². The van der Waals surface area contributed by atoms with Gasteiger partial charge in [0.1, 0.15) is 0 Å². The second-order valence-electron chi connectivity index (χ2n) is 3.31. The molecule has 0 atom stereocenters. The van der Waals surface area contributed by atoms with Gasteiger partial charge < -0.3 is 5.73 Å². The molecule has 11 heavy (non-hydrogen) atoms. The second kappa shape index (κ2) is 2.95. The Kier molecular flexibility index (Phi) is 2.17. The van der Waals surface area contributed by atoms with Gasteiger partial charge in [0.25, 0.3) is 0 Å². The van der Waals surface area contributed by atoms with Gasteiger partial charge in [-0.15, -0.1) is 0 Å². The van der Waals surface area contributed by atoms with E-state index in [-0.39, 0.29) is 0 Å². The molecule has 0 spiro atoms. The van der Waals surface area contributed by atoms with Gasteiger partial charge in [-0.3, -0.25) is 5.10 Å². The summed E-state index contributed by atoms with van der Waals surface area (Å²) in [4.78, 5) is 0. The van der Waals surface area contributed by atoms with Crippen molar-refractivity contribution in [1.29, 1.82) is 0 Å². The highest BCUT2D eigenvalue weighted by Gasteiger charge is 2.07. The number of aromatic nitrogens is 2. The van der Waals surface area contributed by atoms with E-state index in [2.05, 4.69) is 24.0 Å². The quantitative estimate of drug-likeness (QED) is 0.676. The highest BCUT2D eigenvalue weighted by molar-refractivity contribution is 5.46. The first-order valence-corrected chi connectivity index (χ1v) is 3.90. The lowest BCUT2D eigenvalue weighted by Gasteiger charge is -2.00. The number of hydrogen-bond donors (Lipinski definition) is 2. The molecule has 0 aliphatic carbocycles. The Morgan fingerprint density at radius 2 is 2.18 bits per heavy atom. The number of aryl methyl sites for hydroxylation is 1. The summed E-state index contributed by atoms with van der Waals surface area (Å²) in [5, 5.41) is 6.97. The number of nitrogens with one attached hydrogen (secondary N) is 1. The van der Waals surface area contributed by atoms with Crippen LogP contribution in [0.25, 0.3) is 0 Å². The Morgan fingerprint density at radius 3 is 2.55 bits per heavy atom. The van der Waals surface area contributed by atoms with E-state index in [1.54, 1.807) is 0 Å². The first kappa shape index (κ1) is 8.11. The van der Waals surface area contributed by atoms with Crippen LogP contribution >= 0.6 is 0 Å². The number of hydrogen-bond acceptors (Lipinski definition) is 2. The molecule has 0 fully saturated rings. The molecule has 1 aromatic heterocycles. The summed E-state index contributed by atoms with van der Waals surface area (Å²) in [6.45, 7) is 6.25. The fourth-order valence-corrected chi connectivity index (χ4v) is 1.03. The summed E-state index contributed by atoms with van der Waals surface area (Å²) in [6.07, 6.45) is 0.955. The summed E-state index contributed by atoms with van der Waals surface area (Å²) < 4.78 is 0. The van der Waals surface area contributed by atoms with E-state index in [0.29, 0.717) is 5.92 Å². The number of nitrogen functional groups attached to an aromatic ring is 1. The molecular weight excluding hydrogens is 138 g/mol. The van der Waals surface area contributed by atoms with Crippen molar-refractivity contribution in [3.05, 3.63) is 11.4 Å². The maximum Gasteiger partial charge on any atom is 0.0856 e. The molecule has 0 saturated heterocycles. The summed E-state index contributed by atoms with van der Waals surface area (Å²) in [6, 6.07) is 0. The molecule has 1 heterocycles. The zero-order valence-electron chi connectivity index (χ0n) is 7.31. The minimum Gasteiger partial charge on any atom is -0.396 e. The maximum absolute atomic E-state index is 5.76. The fraction of sp³-hybridized carbons (Fsp3) is 0.625. The van der Waals surface area contributed by atoms with Crippen LogP contribution in [-0.4, -0.2) is 10.2 Å². The third-order valence-electron chi connectivity index (χ3n) is 1.68. The predicted molar refractivity (Wildman–Crippen MR) is 46.3 cm³/mol. The lowest BCUT2D eigenvalue weighted by atomic mass is 10.1. The van der Waals surface area contributed by atoms with Gasteiger partial charge in [0.15, 0.2) is 0 Å². The standard InChI is InChI=1S/C8H15N3/c1-5(2)4-7-8(9)6(3)10-11-7/h5H,4,9H2,1-3H3,(H,10,11). The lowest BCUT2D eigenvalue weighted by molar-refractivity contribution is 0.634. The Labute approximate surface area is 67.0 Å². The summed E-state index contributed by atoms with van der Waals surface area (Å²) in [5.41, 5.74) is 8.55. The van der Waals surface area contributed by atoms with Crippen molar-refractivity contribution < 1.29 is 0 Å². The molecule has 0 unspecified atom stereocenters. The minimum absolute atomic E-state index is 0.611. The van der Waals surface area contributed by atoms with Crippen LogP contribution < -0.4 is 5.73 Å². The lowest BCUT2D eigenvalue weighted by Crippen LogP contribution is -1.98. The molecule has 1 aromatic rings. The van der Waals surface area contributed by atoms with Crippen LogP contribution in [0, 0.1) is 12.8 Å². The van der Waals surface area contributed by atoms with Gasteiger partial charge in [-0.05, 0) is 19.3 Å². The molecule has 0 aromatic carbocycles. The second-order valence-corrected chi connectivity index (χ2v) is 3.31. The van der Waals surface area contributed by atoms with Crippen LogP contribution in [0.1, 0.15) is 25.2 Å². The van der Waals surface area contributed by atoms with E-state index >= 15 is 0 Å². The highest BCUT2D eigenvalue weighted by Crippen LogP contribution is 2.15. The molecule has 0 bridgehead atoms. The predicted octanol–water partition coefficient (Wildman–Crippen LogP) is 1.50. The highest BCUT2D eigenvalue weighted by atomic mass is 15.1. The van der Waals surface area contributed by atoms with Crippen molar-refractivity contribution in [3.63, 3.8) is 0 Å². The molecule has 0 radical (unpaired) electrons. The van der Waals surface area contributed by atoms with Gasteiger partial charge in [0, 0.05) is 0 Å². The minimum atomic E-state index is 0.611. The van der Waals surface area contributed by atoms with Gasteiger partial charge in [-0.25, -0.2) is 0 Å². The Hall–Kier alpha value is -0.990. The van der Waals surface area contributed by atoms with Gasteiger partial charge in [0.05, 0.1) is 17.1 Å². The Bertz CT molecular complexity index is 237. The van der Waals surface area contributed by atoms with E-state index in [9.17, 15) is 0 Å². The molecule has 62 valence electrons. The third-order valence-corrected chi connectivity index (χ3v) is 1.68. The molecule has 0 aliphatic rings. The smallest absolute Gasteiger partial charge is 0.0856 e. The third kappa shape index (κ3) is 1.73. The monoisotopic (exact) mass is 153 g/mol. The van der Waals surface area contributed by atoms with Crippen LogP contribution in [0.15, 0.2) is 0 Å². The van der Waals surface area contributed by atoms with E-state index < -0.39 is 0 Å². The Balaban J connectivity index is 2.79. The average molecular weight is 153 g/mol. The maximum atomic E-state index is 5.76. The van der Waals surface area contributed by atoms with E-state index in [4.69, 9.17) is 5.73 Å². The number of nitrogens with two attached hydrogens (primary N) is 1. The fourth-order valence-electron chi connectivity index (χ4n) is 1.03. The molecule has 3 nitrogen and oxygen atoms in total. The molecule has 3 N–H and O–H groups in total. The largest absolute Gasteiger partial charge is 0.396 e. The van der Waals surface area contributed by atoms with Crippen LogP contribution in [0.4, 0.5) is 5.69 Å². The number of anilines is 1. The van der Waals surface area contributed by atoms with Crippen molar-refractivity contribution in [2.75, 3.05) is 5.73 Å². The van der Waals surface area contributed by atoms with Crippen LogP contribution in [0.3, 0.4) is 0 Å². The summed E-state index contributed by atoms with van der Waals surface area (Å²) >= 11 is 0. The topological polar surface area (TPSA) is 54.7 Å². The van der Waals surface area contributed by atoms with Gasteiger partial charge >= 0.3 is 0 Å². The number of H-pyrrole nitrogens is 1.